The monoisotopic (exact) mass is 212 g/mol. The van der Waals surface area contributed by atoms with Gasteiger partial charge in [-0.25, -0.2) is 0 Å². The number of hydrogen-bond acceptors (Lipinski definition) is 0. The molecular formula is C16H20. The van der Waals surface area contributed by atoms with Crippen molar-refractivity contribution in [3.8, 4) is 0 Å². The Balaban J connectivity index is 1.85. The quantitative estimate of drug-likeness (QED) is 0.595. The summed E-state index contributed by atoms with van der Waals surface area (Å²) in [5, 5.41) is 0. The second-order valence-corrected chi connectivity index (χ2v) is 6.04. The number of benzene rings is 1. The fraction of sp³-hybridized carbons (Fsp3) is 0.625. The van der Waals surface area contributed by atoms with E-state index < -0.39 is 0 Å². The fourth-order valence-electron chi connectivity index (χ4n) is 4.96. The summed E-state index contributed by atoms with van der Waals surface area (Å²) >= 11 is 0. The number of fused-ring (bicyclic) bond motifs is 3. The summed E-state index contributed by atoms with van der Waals surface area (Å²) in [5.41, 5.74) is 3.45. The van der Waals surface area contributed by atoms with Crippen LogP contribution in [0.5, 0.6) is 0 Å². The van der Waals surface area contributed by atoms with Gasteiger partial charge >= 0.3 is 0 Å². The maximum absolute atomic E-state index is 2.42. The Hall–Kier alpha value is -0.780. The molecule has 1 aromatic carbocycles. The van der Waals surface area contributed by atoms with Crippen molar-refractivity contribution in [3.63, 3.8) is 0 Å². The Kier molecular flexibility index (Phi) is 1.94. The van der Waals surface area contributed by atoms with Crippen LogP contribution in [0, 0.1) is 11.8 Å². The van der Waals surface area contributed by atoms with Crippen molar-refractivity contribution < 1.29 is 0 Å². The van der Waals surface area contributed by atoms with E-state index in [0.717, 1.165) is 23.7 Å². The van der Waals surface area contributed by atoms with E-state index in [4.69, 9.17) is 0 Å². The largest absolute Gasteiger partial charge is 0.0620 e. The molecule has 0 radical (unpaired) electrons. The maximum atomic E-state index is 2.42. The molecule has 0 amide bonds. The molecule has 0 spiro atoms. The summed E-state index contributed by atoms with van der Waals surface area (Å²) < 4.78 is 0. The van der Waals surface area contributed by atoms with Crippen molar-refractivity contribution >= 4 is 0 Å². The predicted molar refractivity (Wildman–Crippen MR) is 66.6 cm³/mol. The lowest BCUT2D eigenvalue weighted by Crippen LogP contribution is -2.30. The van der Waals surface area contributed by atoms with Crippen molar-refractivity contribution in [1.29, 1.82) is 0 Å². The van der Waals surface area contributed by atoms with Crippen molar-refractivity contribution in [2.45, 2.75) is 50.4 Å². The molecular weight excluding hydrogens is 192 g/mol. The molecule has 0 N–H and O–H groups in total. The Morgan fingerprint density at radius 1 is 0.750 bits per heavy atom. The molecule has 2 unspecified atom stereocenters. The van der Waals surface area contributed by atoms with E-state index in [1.807, 2.05) is 0 Å². The van der Waals surface area contributed by atoms with Crippen LogP contribution in [-0.2, 0) is 0 Å². The van der Waals surface area contributed by atoms with Crippen LogP contribution in [0.3, 0.4) is 0 Å². The van der Waals surface area contributed by atoms with Gasteiger partial charge in [0.2, 0.25) is 0 Å². The Morgan fingerprint density at radius 3 is 1.88 bits per heavy atom. The van der Waals surface area contributed by atoms with E-state index >= 15 is 0 Å². The molecule has 0 aliphatic heterocycles. The number of hydrogen-bond donors (Lipinski definition) is 0. The minimum Gasteiger partial charge on any atom is -0.0620 e. The van der Waals surface area contributed by atoms with Crippen LogP contribution in [-0.4, -0.2) is 0 Å². The molecule has 84 valence electrons. The normalized spacial score (nSPS) is 40.2. The third-order valence-electron chi connectivity index (χ3n) is 5.45. The molecule has 4 atom stereocenters. The van der Waals surface area contributed by atoms with E-state index in [0.29, 0.717) is 0 Å². The molecule has 4 rings (SSSR count). The van der Waals surface area contributed by atoms with Gasteiger partial charge < -0.3 is 0 Å². The summed E-state index contributed by atoms with van der Waals surface area (Å²) in [4.78, 5) is 0. The first kappa shape index (κ1) is 9.27. The first-order valence-electron chi connectivity index (χ1n) is 7.04. The van der Waals surface area contributed by atoms with Gasteiger partial charge in [-0.05, 0) is 47.6 Å². The van der Waals surface area contributed by atoms with E-state index in [2.05, 4.69) is 24.3 Å². The highest BCUT2D eigenvalue weighted by molar-refractivity contribution is 5.41. The lowest BCUT2D eigenvalue weighted by Gasteiger charge is -2.41. The molecule has 0 heterocycles. The van der Waals surface area contributed by atoms with Gasteiger partial charge in [0, 0.05) is 0 Å². The van der Waals surface area contributed by atoms with E-state index in [1.165, 1.54) is 38.5 Å². The van der Waals surface area contributed by atoms with E-state index in [9.17, 15) is 0 Å². The fourth-order valence-corrected chi connectivity index (χ4v) is 4.96. The van der Waals surface area contributed by atoms with Gasteiger partial charge in [-0.3, -0.25) is 0 Å². The molecule has 2 saturated carbocycles. The highest BCUT2D eigenvalue weighted by Gasteiger charge is 2.47. The van der Waals surface area contributed by atoms with Crippen LogP contribution in [0.4, 0.5) is 0 Å². The molecule has 0 aromatic heterocycles. The summed E-state index contributed by atoms with van der Waals surface area (Å²) in [5.74, 6) is 3.95. The maximum Gasteiger partial charge on any atom is -0.0122 e. The molecule has 16 heavy (non-hydrogen) atoms. The van der Waals surface area contributed by atoms with Crippen LogP contribution < -0.4 is 0 Å². The molecule has 3 aliphatic carbocycles. The summed E-state index contributed by atoms with van der Waals surface area (Å²) in [6.07, 6.45) is 8.93. The zero-order valence-corrected chi connectivity index (χ0v) is 9.86. The molecule has 0 heteroatoms. The first-order valence-corrected chi connectivity index (χ1v) is 7.04. The smallest absolute Gasteiger partial charge is 0.0122 e. The highest BCUT2D eigenvalue weighted by Crippen LogP contribution is 2.59. The molecule has 0 saturated heterocycles. The van der Waals surface area contributed by atoms with Gasteiger partial charge in [0.05, 0.1) is 0 Å². The third kappa shape index (κ3) is 1.11. The highest BCUT2D eigenvalue weighted by atomic mass is 14.5. The standard InChI is InChI=1S/C16H20/c1-2-8-13-12(7-1)14-9-3-5-11-6-4-10-15(13)16(11)14/h1-2,7-8,11,14-16H,3-6,9-10H2/t11?,14-,15+,16?. The van der Waals surface area contributed by atoms with Crippen LogP contribution in [0.25, 0.3) is 0 Å². The summed E-state index contributed by atoms with van der Waals surface area (Å²) in [6.45, 7) is 0. The lowest BCUT2D eigenvalue weighted by molar-refractivity contribution is 0.138. The molecule has 0 nitrogen and oxygen atoms in total. The summed E-state index contributed by atoms with van der Waals surface area (Å²) in [6, 6.07) is 9.33. The van der Waals surface area contributed by atoms with Crippen LogP contribution in [0.15, 0.2) is 24.3 Å². The van der Waals surface area contributed by atoms with Gasteiger partial charge in [0.25, 0.3) is 0 Å². The van der Waals surface area contributed by atoms with E-state index in [1.54, 1.807) is 11.1 Å². The van der Waals surface area contributed by atoms with Crippen molar-refractivity contribution in [2.75, 3.05) is 0 Å². The minimum absolute atomic E-state index is 0.931. The Morgan fingerprint density at radius 2 is 1.31 bits per heavy atom. The molecule has 3 aliphatic rings. The van der Waals surface area contributed by atoms with Gasteiger partial charge in [0.15, 0.2) is 0 Å². The lowest BCUT2D eigenvalue weighted by atomic mass is 9.64. The Labute approximate surface area is 98.1 Å². The SMILES string of the molecule is c1ccc2c(c1)[C@H]1CCCC3CCC[C@@H]2C31. The second-order valence-electron chi connectivity index (χ2n) is 6.04. The van der Waals surface area contributed by atoms with Crippen LogP contribution in [0.2, 0.25) is 0 Å². The van der Waals surface area contributed by atoms with Crippen molar-refractivity contribution in [3.05, 3.63) is 35.4 Å². The van der Waals surface area contributed by atoms with Crippen LogP contribution >= 0.6 is 0 Å². The average Bonchev–Trinajstić information content (AvgIpc) is 2.68. The van der Waals surface area contributed by atoms with Crippen LogP contribution in [0.1, 0.15) is 61.5 Å². The van der Waals surface area contributed by atoms with Crippen molar-refractivity contribution in [1.82, 2.24) is 0 Å². The molecule has 2 fully saturated rings. The minimum atomic E-state index is 0.931. The average molecular weight is 212 g/mol. The van der Waals surface area contributed by atoms with E-state index in [-0.39, 0.29) is 0 Å². The summed E-state index contributed by atoms with van der Waals surface area (Å²) in [7, 11) is 0. The first-order chi connectivity index (χ1) is 7.95. The van der Waals surface area contributed by atoms with Gasteiger partial charge in [-0.2, -0.15) is 0 Å². The number of rotatable bonds is 0. The third-order valence-corrected chi connectivity index (χ3v) is 5.45. The second kappa shape index (κ2) is 3.35. The zero-order valence-electron chi connectivity index (χ0n) is 9.86. The topological polar surface area (TPSA) is 0 Å². The Bertz CT molecular complexity index is 369. The van der Waals surface area contributed by atoms with Crippen molar-refractivity contribution in [2.24, 2.45) is 11.8 Å². The molecule has 1 aromatic rings. The predicted octanol–water partition coefficient (Wildman–Crippen LogP) is 4.47. The molecule has 0 bridgehead atoms. The zero-order chi connectivity index (χ0) is 10.5. The van der Waals surface area contributed by atoms with Gasteiger partial charge in [0.1, 0.15) is 0 Å². The van der Waals surface area contributed by atoms with Gasteiger partial charge in [-0.15, -0.1) is 0 Å². The van der Waals surface area contributed by atoms with Gasteiger partial charge in [-0.1, -0.05) is 49.9 Å².